The zero-order valence-corrected chi connectivity index (χ0v) is 17.0. The maximum absolute atomic E-state index is 4.92. The van der Waals surface area contributed by atoms with E-state index in [1.807, 2.05) is 36.4 Å². The first-order chi connectivity index (χ1) is 14.7. The van der Waals surface area contributed by atoms with Crippen LogP contribution < -0.4 is 10.6 Å². The molecule has 6 rings (SSSR count). The number of nitrogens with one attached hydrogen (secondary N) is 2. The Kier molecular flexibility index (Phi) is 3.92. The first-order valence-electron chi connectivity index (χ1n) is 10.6. The predicted octanol–water partition coefficient (Wildman–Crippen LogP) is 3.35. The van der Waals surface area contributed by atoms with Gasteiger partial charge < -0.3 is 10.6 Å². The summed E-state index contributed by atoms with van der Waals surface area (Å²) in [5.74, 6) is 0.945. The van der Waals surface area contributed by atoms with Crippen LogP contribution >= 0.6 is 0 Å². The standard InChI is InChI=1S/C23H25N7/c1-29-12-17(10-26-29)16-5-6-22-25-11-20(30(22)13-16)19-3-2-4-21(28-19)27-18-7-8-23(9-18)14-24-15-23/h2-6,10-13,18,24H,7-9,14-15H2,1H3,(H,27,28). The minimum Gasteiger partial charge on any atom is -0.367 e. The van der Waals surface area contributed by atoms with Gasteiger partial charge in [-0.3, -0.25) is 9.08 Å². The highest BCUT2D eigenvalue weighted by molar-refractivity contribution is 5.67. The van der Waals surface area contributed by atoms with Crippen LogP contribution in [0, 0.1) is 5.41 Å². The van der Waals surface area contributed by atoms with Crippen LogP contribution in [0.1, 0.15) is 19.3 Å². The van der Waals surface area contributed by atoms with Crippen molar-refractivity contribution in [3.8, 4) is 22.5 Å². The van der Waals surface area contributed by atoms with Crippen LogP contribution in [0.4, 0.5) is 5.82 Å². The zero-order valence-electron chi connectivity index (χ0n) is 17.0. The summed E-state index contributed by atoms with van der Waals surface area (Å²) in [6.07, 6.45) is 11.7. The van der Waals surface area contributed by atoms with E-state index in [4.69, 9.17) is 4.98 Å². The van der Waals surface area contributed by atoms with Crippen molar-refractivity contribution >= 4 is 11.5 Å². The number of pyridine rings is 2. The molecule has 4 aromatic rings. The lowest BCUT2D eigenvalue weighted by atomic mass is 9.80. The van der Waals surface area contributed by atoms with E-state index in [1.165, 1.54) is 32.4 Å². The van der Waals surface area contributed by atoms with Crippen LogP contribution in [0.15, 0.2) is 55.1 Å². The van der Waals surface area contributed by atoms with E-state index in [0.717, 1.165) is 34.0 Å². The minimum atomic E-state index is 0.509. The Morgan fingerprint density at radius 1 is 1.10 bits per heavy atom. The molecule has 0 radical (unpaired) electrons. The predicted molar refractivity (Wildman–Crippen MR) is 117 cm³/mol. The first kappa shape index (κ1) is 17.7. The van der Waals surface area contributed by atoms with Crippen molar-refractivity contribution < 1.29 is 0 Å². The highest BCUT2D eigenvalue weighted by Crippen LogP contribution is 2.42. The Hall–Kier alpha value is -3.19. The monoisotopic (exact) mass is 399 g/mol. The number of imidazole rings is 1. The van der Waals surface area contributed by atoms with Crippen molar-refractivity contribution in [2.75, 3.05) is 18.4 Å². The summed E-state index contributed by atoms with van der Waals surface area (Å²) in [5, 5.41) is 11.4. The molecule has 7 nitrogen and oxygen atoms in total. The molecule has 30 heavy (non-hydrogen) atoms. The van der Waals surface area contributed by atoms with E-state index < -0.39 is 0 Å². The second-order valence-corrected chi connectivity index (χ2v) is 8.79. The number of fused-ring (bicyclic) bond motifs is 1. The van der Waals surface area contributed by atoms with Gasteiger partial charge in [-0.25, -0.2) is 9.97 Å². The van der Waals surface area contributed by atoms with Crippen LogP contribution in [0.2, 0.25) is 0 Å². The Morgan fingerprint density at radius 3 is 2.80 bits per heavy atom. The van der Waals surface area contributed by atoms with Crippen molar-refractivity contribution in [3.63, 3.8) is 0 Å². The number of nitrogens with zero attached hydrogens (tertiary/aromatic N) is 5. The van der Waals surface area contributed by atoms with Gasteiger partial charge >= 0.3 is 0 Å². The molecular weight excluding hydrogens is 374 g/mol. The summed E-state index contributed by atoms with van der Waals surface area (Å²) in [7, 11) is 1.93. The van der Waals surface area contributed by atoms with E-state index in [-0.39, 0.29) is 0 Å². The molecule has 2 fully saturated rings. The molecule has 2 N–H and O–H groups in total. The number of hydrogen-bond acceptors (Lipinski definition) is 5. The van der Waals surface area contributed by atoms with Crippen LogP contribution in [-0.4, -0.2) is 43.3 Å². The first-order valence-corrected chi connectivity index (χ1v) is 10.6. The Bertz CT molecular complexity index is 1220. The summed E-state index contributed by atoms with van der Waals surface area (Å²) in [6, 6.07) is 10.8. The summed E-state index contributed by atoms with van der Waals surface area (Å²) < 4.78 is 3.93. The molecule has 0 amide bonds. The lowest BCUT2D eigenvalue weighted by molar-refractivity contribution is 0.176. The number of aromatic nitrogens is 5. The Labute approximate surface area is 175 Å². The average Bonchev–Trinajstić information content (AvgIpc) is 3.45. The molecule has 1 saturated heterocycles. The molecular formula is C23H25N7. The molecule has 7 heteroatoms. The van der Waals surface area contributed by atoms with Crippen molar-refractivity contribution in [3.05, 3.63) is 55.1 Å². The number of hydrogen-bond donors (Lipinski definition) is 2. The lowest BCUT2D eigenvalue weighted by Crippen LogP contribution is -2.52. The largest absolute Gasteiger partial charge is 0.367 e. The van der Waals surface area contributed by atoms with Crippen molar-refractivity contribution in [2.24, 2.45) is 12.5 Å². The summed E-state index contributed by atoms with van der Waals surface area (Å²) in [4.78, 5) is 9.50. The molecule has 152 valence electrons. The number of anilines is 1. The highest BCUT2D eigenvalue weighted by atomic mass is 15.2. The third-order valence-corrected chi connectivity index (χ3v) is 6.61. The van der Waals surface area contributed by atoms with Crippen LogP contribution in [0.3, 0.4) is 0 Å². The maximum Gasteiger partial charge on any atom is 0.137 e. The molecule has 0 aromatic carbocycles. The highest BCUT2D eigenvalue weighted by Gasteiger charge is 2.43. The van der Waals surface area contributed by atoms with Gasteiger partial charge in [0.05, 0.1) is 23.8 Å². The Morgan fingerprint density at radius 2 is 2.03 bits per heavy atom. The van der Waals surface area contributed by atoms with E-state index >= 15 is 0 Å². The molecule has 1 spiro atoms. The van der Waals surface area contributed by atoms with Gasteiger partial charge in [-0.05, 0) is 48.9 Å². The molecule has 1 unspecified atom stereocenters. The van der Waals surface area contributed by atoms with Crippen LogP contribution in [0.25, 0.3) is 28.2 Å². The molecule has 2 aliphatic rings. The van der Waals surface area contributed by atoms with Crippen molar-refractivity contribution in [1.29, 1.82) is 0 Å². The summed E-state index contributed by atoms with van der Waals surface area (Å²) >= 11 is 0. The molecule has 0 bridgehead atoms. The smallest absolute Gasteiger partial charge is 0.137 e. The van der Waals surface area contributed by atoms with Gasteiger partial charge in [0.1, 0.15) is 11.5 Å². The maximum atomic E-state index is 4.92. The second-order valence-electron chi connectivity index (χ2n) is 8.79. The third-order valence-electron chi connectivity index (χ3n) is 6.61. The quantitative estimate of drug-likeness (QED) is 0.551. The SMILES string of the molecule is Cn1cc(-c2ccc3ncc(-c4cccc(NC5CCC6(CNC6)C5)n4)n3c2)cn1. The molecule has 1 aliphatic carbocycles. The Balaban J connectivity index is 1.30. The normalized spacial score (nSPS) is 20.0. The van der Waals surface area contributed by atoms with Gasteiger partial charge in [-0.1, -0.05) is 6.07 Å². The summed E-state index contributed by atoms with van der Waals surface area (Å²) in [6.45, 7) is 2.33. The molecule has 1 aliphatic heterocycles. The van der Waals surface area contributed by atoms with Crippen LogP contribution in [0.5, 0.6) is 0 Å². The molecule has 4 aromatic heterocycles. The number of aryl methyl sites for hydroxylation is 1. The topological polar surface area (TPSA) is 72.1 Å². The second kappa shape index (κ2) is 6.67. The fourth-order valence-electron chi connectivity index (χ4n) is 4.91. The fourth-order valence-corrected chi connectivity index (χ4v) is 4.91. The van der Waals surface area contributed by atoms with E-state index in [2.05, 4.69) is 55.6 Å². The van der Waals surface area contributed by atoms with Gasteiger partial charge in [0.15, 0.2) is 0 Å². The van der Waals surface area contributed by atoms with Gasteiger partial charge in [-0.15, -0.1) is 0 Å². The fraction of sp³-hybridized carbons (Fsp3) is 0.348. The average molecular weight is 400 g/mol. The number of rotatable bonds is 4. The van der Waals surface area contributed by atoms with Crippen molar-refractivity contribution in [2.45, 2.75) is 25.3 Å². The van der Waals surface area contributed by atoms with E-state index in [9.17, 15) is 0 Å². The zero-order chi connectivity index (χ0) is 20.1. The van der Waals surface area contributed by atoms with Gasteiger partial charge in [0.2, 0.25) is 0 Å². The lowest BCUT2D eigenvalue weighted by Gasteiger charge is -2.39. The third kappa shape index (κ3) is 2.97. The van der Waals surface area contributed by atoms with Crippen LogP contribution in [-0.2, 0) is 7.05 Å². The molecule has 1 saturated carbocycles. The molecule has 5 heterocycles. The molecule has 1 atom stereocenters. The van der Waals surface area contributed by atoms with E-state index in [1.54, 1.807) is 0 Å². The van der Waals surface area contributed by atoms with Crippen molar-refractivity contribution in [1.82, 2.24) is 29.5 Å². The van der Waals surface area contributed by atoms with Gasteiger partial charge in [0, 0.05) is 49.7 Å². The summed E-state index contributed by atoms with van der Waals surface area (Å²) in [5.41, 5.74) is 5.55. The van der Waals surface area contributed by atoms with E-state index in [0.29, 0.717) is 11.5 Å². The minimum absolute atomic E-state index is 0.509. The van der Waals surface area contributed by atoms with Gasteiger partial charge in [0.25, 0.3) is 0 Å². The van der Waals surface area contributed by atoms with Gasteiger partial charge in [-0.2, -0.15) is 5.10 Å².